The molecule has 0 unspecified atom stereocenters. The average Bonchev–Trinajstić information content (AvgIpc) is 3.23. The van der Waals surface area contributed by atoms with Crippen molar-refractivity contribution in [3.63, 3.8) is 0 Å². The highest BCUT2D eigenvalue weighted by Crippen LogP contribution is 2.29. The van der Waals surface area contributed by atoms with Crippen molar-refractivity contribution >= 4 is 5.97 Å². The molecule has 0 bridgehead atoms. The molecule has 1 atom stereocenters. The van der Waals surface area contributed by atoms with E-state index in [0.717, 1.165) is 42.4 Å². The summed E-state index contributed by atoms with van der Waals surface area (Å²) in [6.45, 7) is 0.174. The van der Waals surface area contributed by atoms with Gasteiger partial charge in [0.05, 0.1) is 19.4 Å². The topological polar surface area (TPSA) is 66.2 Å². The van der Waals surface area contributed by atoms with Crippen LogP contribution >= 0.6 is 0 Å². The first-order valence-corrected chi connectivity index (χ1v) is 10.5. The van der Waals surface area contributed by atoms with Crippen molar-refractivity contribution in [2.24, 2.45) is 7.05 Å². The van der Waals surface area contributed by atoms with Crippen LogP contribution in [0.2, 0.25) is 0 Å². The van der Waals surface area contributed by atoms with Crippen molar-refractivity contribution in [1.82, 2.24) is 14.8 Å². The SMILES string of the molecule is COC(=O)C[C@@H](c1ccc(OCc2ccc3c(c2F)CCCC3)cc1)c1nncn1C. The molecule has 6 nitrogen and oxygen atoms in total. The minimum Gasteiger partial charge on any atom is -0.489 e. The van der Waals surface area contributed by atoms with Crippen molar-refractivity contribution in [3.8, 4) is 5.75 Å². The maximum absolute atomic E-state index is 14.8. The number of nitrogens with zero attached hydrogens (tertiary/aromatic N) is 3. The molecule has 0 saturated heterocycles. The summed E-state index contributed by atoms with van der Waals surface area (Å²) in [6, 6.07) is 11.3. The smallest absolute Gasteiger partial charge is 0.306 e. The van der Waals surface area contributed by atoms with E-state index in [-0.39, 0.29) is 30.7 Å². The van der Waals surface area contributed by atoms with Gasteiger partial charge in [0.25, 0.3) is 0 Å². The Kier molecular flexibility index (Phi) is 6.30. The van der Waals surface area contributed by atoms with Gasteiger partial charge in [-0.2, -0.15) is 0 Å². The van der Waals surface area contributed by atoms with Crippen LogP contribution in [-0.4, -0.2) is 27.8 Å². The number of esters is 1. The predicted molar refractivity (Wildman–Crippen MR) is 113 cm³/mol. The summed E-state index contributed by atoms with van der Waals surface area (Å²) >= 11 is 0. The molecule has 0 aliphatic heterocycles. The van der Waals surface area contributed by atoms with E-state index in [0.29, 0.717) is 17.1 Å². The van der Waals surface area contributed by atoms with Crippen molar-refractivity contribution in [1.29, 1.82) is 0 Å². The van der Waals surface area contributed by atoms with E-state index in [9.17, 15) is 9.18 Å². The zero-order chi connectivity index (χ0) is 21.8. The molecule has 1 aliphatic carbocycles. The monoisotopic (exact) mass is 423 g/mol. The van der Waals surface area contributed by atoms with Gasteiger partial charge in [-0.15, -0.1) is 10.2 Å². The van der Waals surface area contributed by atoms with Gasteiger partial charge in [-0.25, -0.2) is 4.39 Å². The summed E-state index contributed by atoms with van der Waals surface area (Å²) in [6.07, 6.45) is 5.67. The lowest BCUT2D eigenvalue weighted by molar-refractivity contribution is -0.140. The average molecular weight is 423 g/mol. The maximum Gasteiger partial charge on any atom is 0.306 e. The Morgan fingerprint density at radius 1 is 1.16 bits per heavy atom. The van der Waals surface area contributed by atoms with E-state index in [4.69, 9.17) is 9.47 Å². The molecule has 31 heavy (non-hydrogen) atoms. The van der Waals surface area contributed by atoms with Crippen molar-refractivity contribution < 1.29 is 18.7 Å². The predicted octanol–water partition coefficient (Wildman–Crippen LogP) is 4.11. The molecule has 0 N–H and O–H groups in total. The number of halogens is 1. The number of carbonyl (C=O) groups excluding carboxylic acids is 1. The molecule has 162 valence electrons. The Labute approximate surface area is 181 Å². The summed E-state index contributed by atoms with van der Waals surface area (Å²) in [5, 5.41) is 8.08. The number of carbonyl (C=O) groups is 1. The Balaban J connectivity index is 1.48. The molecule has 0 fully saturated rings. The lowest BCUT2D eigenvalue weighted by atomic mass is 9.90. The normalized spacial score (nSPS) is 14.0. The number of benzene rings is 2. The molecular formula is C24H26FN3O3. The van der Waals surface area contributed by atoms with E-state index >= 15 is 0 Å². The van der Waals surface area contributed by atoms with Crippen LogP contribution in [0.15, 0.2) is 42.7 Å². The molecule has 0 radical (unpaired) electrons. The molecule has 7 heteroatoms. The first-order chi connectivity index (χ1) is 15.1. The number of hydrogen-bond donors (Lipinski definition) is 0. The molecule has 1 heterocycles. The van der Waals surface area contributed by atoms with Crippen LogP contribution in [0.3, 0.4) is 0 Å². The number of hydrogen-bond acceptors (Lipinski definition) is 5. The van der Waals surface area contributed by atoms with Gasteiger partial charge in [0.15, 0.2) is 0 Å². The molecule has 3 aromatic rings. The molecule has 0 spiro atoms. The molecular weight excluding hydrogens is 397 g/mol. The summed E-state index contributed by atoms with van der Waals surface area (Å²) in [5.41, 5.74) is 3.44. The highest BCUT2D eigenvalue weighted by molar-refractivity contribution is 5.71. The fourth-order valence-electron chi connectivity index (χ4n) is 4.12. The molecule has 0 amide bonds. The van der Waals surface area contributed by atoms with Gasteiger partial charge in [0.2, 0.25) is 0 Å². The van der Waals surface area contributed by atoms with Gasteiger partial charge in [-0.3, -0.25) is 4.79 Å². The van der Waals surface area contributed by atoms with Crippen LogP contribution in [0.5, 0.6) is 5.75 Å². The molecule has 1 aliphatic rings. The summed E-state index contributed by atoms with van der Waals surface area (Å²) < 4.78 is 27.3. The highest BCUT2D eigenvalue weighted by atomic mass is 19.1. The minimum absolute atomic E-state index is 0.130. The Morgan fingerprint density at radius 3 is 2.65 bits per heavy atom. The van der Waals surface area contributed by atoms with Crippen LogP contribution in [0.1, 0.15) is 53.3 Å². The Bertz CT molecular complexity index is 1060. The van der Waals surface area contributed by atoms with E-state index in [1.54, 1.807) is 10.9 Å². The minimum atomic E-state index is -0.323. The first kappa shape index (κ1) is 21.0. The van der Waals surface area contributed by atoms with Crippen LogP contribution in [0.25, 0.3) is 0 Å². The van der Waals surface area contributed by atoms with Crippen LogP contribution in [0, 0.1) is 5.82 Å². The Hall–Kier alpha value is -3.22. The van der Waals surface area contributed by atoms with E-state index in [1.165, 1.54) is 7.11 Å². The zero-order valence-electron chi connectivity index (χ0n) is 17.8. The van der Waals surface area contributed by atoms with Crippen molar-refractivity contribution in [2.45, 2.75) is 44.6 Å². The van der Waals surface area contributed by atoms with E-state index in [2.05, 4.69) is 10.2 Å². The number of fused-ring (bicyclic) bond motifs is 1. The van der Waals surface area contributed by atoms with Crippen molar-refractivity contribution in [3.05, 3.63) is 76.6 Å². The van der Waals surface area contributed by atoms with Gasteiger partial charge in [-0.05, 0) is 54.5 Å². The second kappa shape index (κ2) is 9.29. The van der Waals surface area contributed by atoms with Gasteiger partial charge in [0.1, 0.15) is 30.3 Å². The Morgan fingerprint density at radius 2 is 1.94 bits per heavy atom. The zero-order valence-corrected chi connectivity index (χ0v) is 17.8. The molecule has 4 rings (SSSR count). The standard InChI is InChI=1S/C24H26FN3O3/c1-28-15-26-27-24(28)21(13-22(29)30-2)17-9-11-19(12-10-17)31-14-18-8-7-16-5-3-4-6-20(16)23(18)25/h7-12,15,21H,3-6,13-14H2,1-2H3/t21-/m0/s1. The largest absolute Gasteiger partial charge is 0.489 e. The third kappa shape index (κ3) is 4.60. The first-order valence-electron chi connectivity index (χ1n) is 10.5. The van der Waals surface area contributed by atoms with Gasteiger partial charge in [0, 0.05) is 12.6 Å². The third-order valence-corrected chi connectivity index (χ3v) is 5.88. The lowest BCUT2D eigenvalue weighted by Gasteiger charge is -2.18. The molecule has 1 aromatic heterocycles. The third-order valence-electron chi connectivity index (χ3n) is 5.88. The number of aromatic nitrogens is 3. The number of methoxy groups -OCH3 is 1. The molecule has 0 saturated carbocycles. The van der Waals surface area contributed by atoms with Gasteiger partial charge < -0.3 is 14.0 Å². The van der Waals surface area contributed by atoms with Gasteiger partial charge in [-0.1, -0.05) is 24.3 Å². The summed E-state index contributed by atoms with van der Waals surface area (Å²) in [4.78, 5) is 11.9. The van der Waals surface area contributed by atoms with Crippen LogP contribution < -0.4 is 4.74 Å². The fraction of sp³-hybridized carbons (Fsp3) is 0.375. The molecule has 2 aromatic carbocycles. The summed E-state index contributed by atoms with van der Waals surface area (Å²) in [7, 11) is 3.21. The number of aryl methyl sites for hydroxylation is 2. The van der Waals surface area contributed by atoms with Crippen LogP contribution in [0.4, 0.5) is 4.39 Å². The van der Waals surface area contributed by atoms with E-state index in [1.807, 2.05) is 43.4 Å². The maximum atomic E-state index is 14.8. The number of rotatable bonds is 7. The summed E-state index contributed by atoms with van der Waals surface area (Å²) in [5.74, 6) is 0.573. The quantitative estimate of drug-likeness (QED) is 0.535. The van der Waals surface area contributed by atoms with Gasteiger partial charge >= 0.3 is 5.97 Å². The van der Waals surface area contributed by atoms with Crippen LogP contribution in [-0.2, 0) is 36.0 Å². The number of ether oxygens (including phenoxy) is 2. The second-order valence-electron chi connectivity index (χ2n) is 7.87. The lowest BCUT2D eigenvalue weighted by Crippen LogP contribution is -2.14. The van der Waals surface area contributed by atoms with Crippen molar-refractivity contribution in [2.75, 3.05) is 7.11 Å². The fourth-order valence-corrected chi connectivity index (χ4v) is 4.12. The highest BCUT2D eigenvalue weighted by Gasteiger charge is 2.23. The van der Waals surface area contributed by atoms with E-state index < -0.39 is 0 Å². The second-order valence-corrected chi connectivity index (χ2v) is 7.87.